The van der Waals surface area contributed by atoms with Gasteiger partial charge in [-0.1, -0.05) is 12.1 Å². The van der Waals surface area contributed by atoms with Crippen LogP contribution < -0.4 is 5.32 Å². The van der Waals surface area contributed by atoms with Crippen LogP contribution in [0.3, 0.4) is 0 Å². The lowest BCUT2D eigenvalue weighted by Crippen LogP contribution is -2.20. The Balaban J connectivity index is 1.69. The number of nitrogens with zero attached hydrogens (tertiary/aromatic N) is 5. The largest absolute Gasteiger partial charge is 0.300 e. The molecule has 1 amide bonds. The van der Waals surface area contributed by atoms with Gasteiger partial charge in [-0.2, -0.15) is 4.80 Å². The molecule has 112 valence electrons. The zero-order valence-corrected chi connectivity index (χ0v) is 12.3. The molecule has 0 unspecified atom stereocenters. The molecule has 0 bridgehead atoms. The summed E-state index contributed by atoms with van der Waals surface area (Å²) in [6.07, 6.45) is 0. The number of carbonyl (C=O) groups is 1. The molecule has 1 N–H and O–H groups in total. The Morgan fingerprint density at radius 3 is 2.95 bits per heavy atom. The Morgan fingerprint density at radius 1 is 1.41 bits per heavy atom. The van der Waals surface area contributed by atoms with Crippen molar-refractivity contribution in [2.24, 2.45) is 0 Å². The molecule has 0 atom stereocenters. The van der Waals surface area contributed by atoms with Crippen LogP contribution in [0.4, 0.5) is 9.52 Å². The van der Waals surface area contributed by atoms with Crippen LogP contribution in [0.25, 0.3) is 11.4 Å². The first-order valence-electron chi connectivity index (χ1n) is 6.36. The minimum absolute atomic E-state index is 0.125. The van der Waals surface area contributed by atoms with Gasteiger partial charge in [0, 0.05) is 5.38 Å². The molecule has 0 aliphatic carbocycles. The molecule has 3 rings (SSSR count). The van der Waals surface area contributed by atoms with Gasteiger partial charge in [-0.25, -0.2) is 9.37 Å². The molecule has 9 heteroatoms. The van der Waals surface area contributed by atoms with E-state index in [1.54, 1.807) is 18.2 Å². The van der Waals surface area contributed by atoms with Crippen molar-refractivity contribution in [3.05, 3.63) is 41.2 Å². The first-order valence-corrected chi connectivity index (χ1v) is 7.24. The summed E-state index contributed by atoms with van der Waals surface area (Å²) in [6.45, 7) is 1.71. The predicted octanol–water partition coefficient (Wildman–Crippen LogP) is 1.88. The Hall–Kier alpha value is -2.68. The van der Waals surface area contributed by atoms with Crippen LogP contribution in [0.5, 0.6) is 0 Å². The zero-order valence-electron chi connectivity index (χ0n) is 11.5. The lowest BCUT2D eigenvalue weighted by atomic mass is 10.2. The summed E-state index contributed by atoms with van der Waals surface area (Å²) >= 11 is 1.33. The maximum Gasteiger partial charge on any atom is 0.249 e. The highest BCUT2D eigenvalue weighted by Crippen LogP contribution is 2.17. The van der Waals surface area contributed by atoms with Gasteiger partial charge in [0.05, 0.1) is 11.3 Å². The van der Waals surface area contributed by atoms with Crippen LogP contribution in [-0.4, -0.2) is 31.1 Å². The number of carbonyl (C=O) groups excluding carboxylic acids is 1. The van der Waals surface area contributed by atoms with Crippen molar-refractivity contribution < 1.29 is 9.18 Å². The molecule has 0 radical (unpaired) electrons. The maximum atomic E-state index is 13.6. The van der Waals surface area contributed by atoms with E-state index in [0.717, 1.165) is 10.5 Å². The van der Waals surface area contributed by atoms with E-state index in [1.165, 1.54) is 17.4 Å². The van der Waals surface area contributed by atoms with Crippen LogP contribution in [0.15, 0.2) is 29.6 Å². The van der Waals surface area contributed by atoms with Crippen molar-refractivity contribution in [2.45, 2.75) is 13.5 Å². The fraction of sp³-hybridized carbons (Fsp3) is 0.154. The molecule has 0 saturated carbocycles. The van der Waals surface area contributed by atoms with E-state index >= 15 is 0 Å². The van der Waals surface area contributed by atoms with E-state index in [0.29, 0.717) is 5.13 Å². The van der Waals surface area contributed by atoms with Crippen molar-refractivity contribution in [1.82, 2.24) is 25.2 Å². The smallest absolute Gasteiger partial charge is 0.249 e. The van der Waals surface area contributed by atoms with Crippen LogP contribution in [0, 0.1) is 12.7 Å². The van der Waals surface area contributed by atoms with Crippen LogP contribution in [0.2, 0.25) is 0 Å². The fourth-order valence-electron chi connectivity index (χ4n) is 1.76. The van der Waals surface area contributed by atoms with Gasteiger partial charge in [-0.3, -0.25) is 4.79 Å². The van der Waals surface area contributed by atoms with Crippen LogP contribution in [0.1, 0.15) is 5.69 Å². The van der Waals surface area contributed by atoms with E-state index in [4.69, 9.17) is 0 Å². The van der Waals surface area contributed by atoms with Gasteiger partial charge in [-0.15, -0.1) is 21.5 Å². The molecule has 1 aromatic carbocycles. The molecule has 0 aliphatic rings. The molecule has 2 heterocycles. The number of rotatable bonds is 4. The van der Waals surface area contributed by atoms with Gasteiger partial charge < -0.3 is 5.32 Å². The number of benzene rings is 1. The Morgan fingerprint density at radius 2 is 2.23 bits per heavy atom. The normalized spacial score (nSPS) is 10.6. The van der Waals surface area contributed by atoms with Crippen molar-refractivity contribution in [3.63, 3.8) is 0 Å². The SMILES string of the molecule is Cc1csc(NC(=O)Cn2nnc(-c3ccccc3F)n2)n1. The summed E-state index contributed by atoms with van der Waals surface area (Å²) in [6, 6.07) is 6.12. The molecule has 3 aromatic rings. The third-order valence-corrected chi connectivity index (χ3v) is 3.59. The number of thiazole rings is 1. The maximum absolute atomic E-state index is 13.6. The zero-order chi connectivity index (χ0) is 15.5. The lowest BCUT2D eigenvalue weighted by Gasteiger charge is -1.99. The molecule has 0 fully saturated rings. The third-order valence-electron chi connectivity index (χ3n) is 2.72. The monoisotopic (exact) mass is 318 g/mol. The summed E-state index contributed by atoms with van der Waals surface area (Å²) in [5, 5.41) is 16.5. The third kappa shape index (κ3) is 3.14. The van der Waals surface area contributed by atoms with Crippen LogP contribution >= 0.6 is 11.3 Å². The second-order valence-electron chi connectivity index (χ2n) is 4.47. The van der Waals surface area contributed by atoms with Gasteiger partial charge in [0.25, 0.3) is 0 Å². The van der Waals surface area contributed by atoms with Gasteiger partial charge in [-0.05, 0) is 24.3 Å². The average Bonchev–Trinajstić information content (AvgIpc) is 3.09. The summed E-state index contributed by atoms with van der Waals surface area (Å²) in [5.41, 5.74) is 1.07. The second kappa shape index (κ2) is 5.98. The molecule has 0 spiro atoms. The topological polar surface area (TPSA) is 85.6 Å². The van der Waals surface area contributed by atoms with Gasteiger partial charge in [0.15, 0.2) is 5.13 Å². The van der Waals surface area contributed by atoms with Gasteiger partial charge >= 0.3 is 0 Å². The molecular formula is C13H11FN6OS. The molecule has 22 heavy (non-hydrogen) atoms. The Labute approximate surface area is 128 Å². The van der Waals surface area contributed by atoms with E-state index < -0.39 is 5.82 Å². The summed E-state index contributed by atoms with van der Waals surface area (Å²) in [4.78, 5) is 17.1. The number of tetrazole rings is 1. The van der Waals surface area contributed by atoms with Gasteiger partial charge in [0.2, 0.25) is 11.7 Å². The number of hydrogen-bond acceptors (Lipinski definition) is 6. The summed E-state index contributed by atoms with van der Waals surface area (Å²) in [7, 11) is 0. The highest BCUT2D eigenvalue weighted by molar-refractivity contribution is 7.13. The highest BCUT2D eigenvalue weighted by atomic mass is 32.1. The highest BCUT2D eigenvalue weighted by Gasteiger charge is 2.13. The Bertz CT molecular complexity index is 814. The first kappa shape index (κ1) is 14.3. The van der Waals surface area contributed by atoms with Crippen molar-refractivity contribution in [1.29, 1.82) is 0 Å². The van der Waals surface area contributed by atoms with Gasteiger partial charge in [0.1, 0.15) is 12.4 Å². The number of nitrogens with one attached hydrogen (secondary N) is 1. The number of amides is 1. The van der Waals surface area contributed by atoms with Crippen molar-refractivity contribution in [2.75, 3.05) is 5.32 Å². The standard InChI is InChI=1S/C13H11FN6OS/c1-8-7-22-13(15-8)16-11(21)6-20-18-12(17-19-20)9-4-2-3-5-10(9)14/h2-5,7H,6H2,1H3,(H,15,16,21). The minimum Gasteiger partial charge on any atom is -0.300 e. The number of aromatic nitrogens is 5. The fourth-order valence-corrected chi connectivity index (χ4v) is 2.46. The number of hydrogen-bond donors (Lipinski definition) is 1. The van der Waals surface area contributed by atoms with Crippen molar-refractivity contribution in [3.8, 4) is 11.4 Å². The summed E-state index contributed by atoms with van der Waals surface area (Å²) < 4.78 is 13.6. The van der Waals surface area contributed by atoms with E-state index in [2.05, 4.69) is 25.7 Å². The van der Waals surface area contributed by atoms with Crippen LogP contribution in [-0.2, 0) is 11.3 Å². The average molecular weight is 318 g/mol. The predicted molar refractivity (Wildman–Crippen MR) is 78.7 cm³/mol. The number of halogens is 1. The quantitative estimate of drug-likeness (QED) is 0.794. The first-order chi connectivity index (χ1) is 10.6. The number of anilines is 1. The molecule has 0 aliphatic heterocycles. The van der Waals surface area contributed by atoms with Crippen molar-refractivity contribution >= 4 is 22.4 Å². The number of aryl methyl sites for hydroxylation is 1. The molecule has 2 aromatic heterocycles. The summed E-state index contributed by atoms with van der Waals surface area (Å²) in [5.74, 6) is -0.632. The molecule has 0 saturated heterocycles. The van der Waals surface area contributed by atoms with E-state index in [1.807, 2.05) is 12.3 Å². The Kier molecular flexibility index (Phi) is 3.88. The molecular weight excluding hydrogens is 307 g/mol. The second-order valence-corrected chi connectivity index (χ2v) is 5.32. The van der Waals surface area contributed by atoms with E-state index in [9.17, 15) is 9.18 Å². The minimum atomic E-state index is -0.440. The van der Waals surface area contributed by atoms with E-state index in [-0.39, 0.29) is 23.8 Å². The molecule has 7 nitrogen and oxygen atoms in total. The lowest BCUT2D eigenvalue weighted by molar-refractivity contribution is -0.117.